The number of H-pyrrole nitrogens is 1. The third-order valence-electron chi connectivity index (χ3n) is 3.67. The Hall–Kier alpha value is -2.55. The van der Waals surface area contributed by atoms with Gasteiger partial charge >= 0.3 is 5.97 Å². The highest BCUT2D eigenvalue weighted by Crippen LogP contribution is 2.31. The van der Waals surface area contributed by atoms with Crippen LogP contribution in [0.4, 0.5) is 0 Å². The smallest absolute Gasteiger partial charge is 0.339 e. The maximum Gasteiger partial charge on any atom is 0.339 e. The van der Waals surface area contributed by atoms with Gasteiger partial charge in [-0.3, -0.25) is 0 Å². The number of nitrogens with zero attached hydrogens (tertiary/aromatic N) is 2. The molecule has 2 heterocycles. The molecule has 0 spiro atoms. The number of benzene rings is 1. The largest absolute Gasteiger partial charge is 0.465 e. The molecular formula is C17H11Cl2N3O2. The molecule has 0 fully saturated rings. The average molecular weight is 360 g/mol. The highest BCUT2D eigenvalue weighted by molar-refractivity contribution is 6.38. The second-order valence-electron chi connectivity index (χ2n) is 5.08. The molecule has 0 aliphatic heterocycles. The molecule has 3 aromatic rings. The maximum absolute atomic E-state index is 11.8. The zero-order chi connectivity index (χ0) is 17.3. The maximum atomic E-state index is 11.8. The molecule has 1 N–H and O–H groups in total. The first-order valence-electron chi connectivity index (χ1n) is 6.97. The van der Waals surface area contributed by atoms with Crippen molar-refractivity contribution >= 4 is 40.2 Å². The van der Waals surface area contributed by atoms with Gasteiger partial charge in [0.2, 0.25) is 0 Å². The molecule has 120 valence electrons. The van der Waals surface area contributed by atoms with Gasteiger partial charge < -0.3 is 9.72 Å². The van der Waals surface area contributed by atoms with Crippen LogP contribution < -0.4 is 0 Å². The van der Waals surface area contributed by atoms with E-state index in [0.29, 0.717) is 28.2 Å². The number of ether oxygens (including phenoxy) is 1. The van der Waals surface area contributed by atoms with Gasteiger partial charge in [-0.2, -0.15) is 5.26 Å². The molecule has 0 bridgehead atoms. The van der Waals surface area contributed by atoms with Crippen LogP contribution in [-0.2, 0) is 11.2 Å². The summed E-state index contributed by atoms with van der Waals surface area (Å²) < 4.78 is 4.72. The van der Waals surface area contributed by atoms with Crippen molar-refractivity contribution in [3.8, 4) is 6.07 Å². The molecule has 0 saturated heterocycles. The lowest BCUT2D eigenvalue weighted by Crippen LogP contribution is -2.04. The summed E-state index contributed by atoms with van der Waals surface area (Å²) >= 11 is 12.6. The molecule has 7 heteroatoms. The number of halogens is 2. The fourth-order valence-electron chi connectivity index (χ4n) is 2.49. The number of pyridine rings is 1. The molecule has 1 aromatic carbocycles. The molecule has 0 atom stereocenters. The molecule has 3 rings (SSSR count). The van der Waals surface area contributed by atoms with E-state index in [1.807, 2.05) is 6.07 Å². The molecule has 0 amide bonds. The first kappa shape index (κ1) is 16.3. The van der Waals surface area contributed by atoms with E-state index >= 15 is 0 Å². The van der Waals surface area contributed by atoms with E-state index in [-0.39, 0.29) is 10.6 Å². The minimum absolute atomic E-state index is 0.251. The number of aromatic amines is 1. The SMILES string of the molecule is COC(=O)c1ccc(Cl)c(Cc2cc3c(C#N)ccnc3[nH]2)c1Cl. The van der Waals surface area contributed by atoms with Crippen molar-refractivity contribution in [2.45, 2.75) is 6.42 Å². The minimum Gasteiger partial charge on any atom is -0.465 e. The van der Waals surface area contributed by atoms with Crippen molar-refractivity contribution in [1.29, 1.82) is 5.26 Å². The van der Waals surface area contributed by atoms with Crippen LogP contribution in [-0.4, -0.2) is 23.0 Å². The molecule has 0 radical (unpaired) electrons. The van der Waals surface area contributed by atoms with Crippen LogP contribution in [0, 0.1) is 11.3 Å². The van der Waals surface area contributed by atoms with Gasteiger partial charge in [0.1, 0.15) is 5.65 Å². The first-order chi connectivity index (χ1) is 11.5. The zero-order valence-electron chi connectivity index (χ0n) is 12.6. The molecule has 0 aliphatic rings. The van der Waals surface area contributed by atoms with Gasteiger partial charge in [0.15, 0.2) is 0 Å². The zero-order valence-corrected chi connectivity index (χ0v) is 14.1. The van der Waals surface area contributed by atoms with E-state index in [4.69, 9.17) is 33.2 Å². The standard InChI is InChI=1S/C17H11Cl2N3O2/c1-24-17(23)11-2-3-14(18)13(15(11)19)7-10-6-12-9(8-20)4-5-21-16(12)22-10/h2-6H,7H2,1H3,(H,21,22). The molecule has 0 saturated carbocycles. The van der Waals surface area contributed by atoms with E-state index in [0.717, 1.165) is 11.1 Å². The number of fused-ring (bicyclic) bond motifs is 1. The Balaban J connectivity index is 2.06. The Kier molecular flexibility index (Phi) is 4.43. The highest BCUT2D eigenvalue weighted by Gasteiger charge is 2.18. The third-order valence-corrected chi connectivity index (χ3v) is 4.45. The van der Waals surface area contributed by atoms with E-state index in [2.05, 4.69) is 16.0 Å². The van der Waals surface area contributed by atoms with Crippen molar-refractivity contribution in [1.82, 2.24) is 9.97 Å². The van der Waals surface area contributed by atoms with Gasteiger partial charge in [-0.05, 0) is 29.8 Å². The predicted octanol–water partition coefficient (Wildman–Crippen LogP) is 4.12. The third kappa shape index (κ3) is 2.82. The Bertz CT molecular complexity index is 989. The number of nitriles is 1. The minimum atomic E-state index is -0.525. The Morgan fingerprint density at radius 3 is 2.88 bits per heavy atom. The number of esters is 1. The highest BCUT2D eigenvalue weighted by atomic mass is 35.5. The van der Waals surface area contributed by atoms with Crippen LogP contribution in [0.2, 0.25) is 10.0 Å². The van der Waals surface area contributed by atoms with Crippen LogP contribution in [0.15, 0.2) is 30.5 Å². The first-order valence-corrected chi connectivity index (χ1v) is 7.72. The van der Waals surface area contributed by atoms with Crippen molar-refractivity contribution < 1.29 is 9.53 Å². The van der Waals surface area contributed by atoms with Crippen molar-refractivity contribution in [3.63, 3.8) is 0 Å². The second-order valence-corrected chi connectivity index (χ2v) is 5.87. The summed E-state index contributed by atoms with van der Waals surface area (Å²) in [6, 6.07) is 8.75. The van der Waals surface area contributed by atoms with Crippen molar-refractivity contribution in [2.24, 2.45) is 0 Å². The van der Waals surface area contributed by atoms with Crippen molar-refractivity contribution in [2.75, 3.05) is 7.11 Å². The van der Waals surface area contributed by atoms with E-state index in [1.54, 1.807) is 18.3 Å². The van der Waals surface area contributed by atoms with Gasteiger partial charge in [-0.1, -0.05) is 23.2 Å². The number of carbonyl (C=O) groups is 1. The van der Waals surface area contributed by atoms with Gasteiger partial charge in [0.25, 0.3) is 0 Å². The van der Waals surface area contributed by atoms with Crippen LogP contribution in [0.25, 0.3) is 11.0 Å². The number of aromatic nitrogens is 2. The quantitative estimate of drug-likeness (QED) is 0.713. The summed E-state index contributed by atoms with van der Waals surface area (Å²) in [7, 11) is 1.29. The van der Waals surface area contributed by atoms with Crippen LogP contribution >= 0.6 is 23.2 Å². The Morgan fingerprint density at radius 1 is 1.38 bits per heavy atom. The second kappa shape index (κ2) is 6.52. The Labute approximate surface area is 147 Å². The molecule has 0 unspecified atom stereocenters. The molecule has 0 aliphatic carbocycles. The molecule has 5 nitrogen and oxygen atoms in total. The number of rotatable bonds is 3. The van der Waals surface area contributed by atoms with E-state index < -0.39 is 5.97 Å². The lowest BCUT2D eigenvalue weighted by atomic mass is 10.1. The summed E-state index contributed by atoms with van der Waals surface area (Å²) in [5.41, 5.74) is 2.78. The fraction of sp³-hybridized carbons (Fsp3) is 0.118. The van der Waals surface area contributed by atoms with Crippen LogP contribution in [0.5, 0.6) is 0 Å². The lowest BCUT2D eigenvalue weighted by Gasteiger charge is -2.09. The molecular weight excluding hydrogens is 349 g/mol. The van der Waals surface area contributed by atoms with Gasteiger partial charge in [-0.15, -0.1) is 0 Å². The van der Waals surface area contributed by atoms with Gasteiger partial charge in [0.05, 0.1) is 29.3 Å². The fourth-order valence-corrected chi connectivity index (χ4v) is 3.07. The number of nitrogens with one attached hydrogen (secondary N) is 1. The normalized spacial score (nSPS) is 10.6. The molecule has 24 heavy (non-hydrogen) atoms. The van der Waals surface area contributed by atoms with Crippen LogP contribution in [0.3, 0.4) is 0 Å². The van der Waals surface area contributed by atoms with E-state index in [1.165, 1.54) is 13.2 Å². The average Bonchev–Trinajstić information content (AvgIpc) is 3.00. The van der Waals surface area contributed by atoms with Crippen LogP contribution in [0.1, 0.15) is 27.2 Å². The van der Waals surface area contributed by atoms with E-state index in [9.17, 15) is 4.79 Å². The summed E-state index contributed by atoms with van der Waals surface area (Å²) in [5, 5.41) is 10.6. The van der Waals surface area contributed by atoms with Crippen molar-refractivity contribution in [3.05, 3.63) is 62.9 Å². The van der Waals surface area contributed by atoms with Gasteiger partial charge in [-0.25, -0.2) is 9.78 Å². The summed E-state index contributed by atoms with van der Waals surface area (Å²) in [5.74, 6) is -0.525. The summed E-state index contributed by atoms with van der Waals surface area (Å²) in [4.78, 5) is 19.1. The number of methoxy groups -OCH3 is 1. The van der Waals surface area contributed by atoms with Gasteiger partial charge in [0, 0.05) is 28.7 Å². The lowest BCUT2D eigenvalue weighted by molar-refractivity contribution is 0.0601. The monoisotopic (exact) mass is 359 g/mol. The predicted molar refractivity (Wildman–Crippen MR) is 91.4 cm³/mol. The summed E-state index contributed by atoms with van der Waals surface area (Å²) in [6.45, 7) is 0. The summed E-state index contributed by atoms with van der Waals surface area (Å²) in [6.07, 6.45) is 1.93. The number of carbonyl (C=O) groups excluding carboxylic acids is 1. The topological polar surface area (TPSA) is 78.8 Å². The number of hydrogen-bond acceptors (Lipinski definition) is 4. The molecule has 2 aromatic heterocycles. The number of hydrogen-bond donors (Lipinski definition) is 1. The Morgan fingerprint density at radius 2 is 2.17 bits per heavy atom.